The summed E-state index contributed by atoms with van der Waals surface area (Å²) >= 11 is 0. The minimum Gasteiger partial charge on any atom is -0.465 e. The molecular weight excluding hydrogens is 236 g/mol. The molecule has 100 valence electrons. The van der Waals surface area contributed by atoms with Gasteiger partial charge in [-0.3, -0.25) is 24.2 Å². The minimum atomic E-state index is -0.487. The fourth-order valence-electron chi connectivity index (χ4n) is 2.25. The molecule has 1 atom stereocenters. The summed E-state index contributed by atoms with van der Waals surface area (Å²) < 4.78 is 4.91. The van der Waals surface area contributed by atoms with Gasteiger partial charge in [0.15, 0.2) is 0 Å². The first-order valence-corrected chi connectivity index (χ1v) is 6.26. The second-order valence-electron chi connectivity index (χ2n) is 4.72. The van der Waals surface area contributed by atoms with Gasteiger partial charge in [-0.1, -0.05) is 0 Å². The maximum atomic E-state index is 11.9. The summed E-state index contributed by atoms with van der Waals surface area (Å²) in [6, 6.07) is -0.248. The molecule has 0 aromatic carbocycles. The molecule has 0 bridgehead atoms. The van der Waals surface area contributed by atoms with Crippen LogP contribution in [0.1, 0.15) is 26.2 Å². The van der Waals surface area contributed by atoms with Gasteiger partial charge < -0.3 is 4.74 Å². The first-order valence-electron chi connectivity index (χ1n) is 6.26. The number of ether oxygens (including phenoxy) is 1. The highest BCUT2D eigenvalue weighted by Crippen LogP contribution is 2.31. The molecule has 1 aliphatic carbocycles. The summed E-state index contributed by atoms with van der Waals surface area (Å²) in [7, 11) is 1.49. The zero-order chi connectivity index (χ0) is 13.3. The van der Waals surface area contributed by atoms with E-state index in [9.17, 15) is 14.4 Å². The zero-order valence-corrected chi connectivity index (χ0v) is 10.7. The molecule has 6 heteroatoms. The number of nitrogens with zero attached hydrogens (tertiary/aromatic N) is 2. The van der Waals surface area contributed by atoms with Crippen molar-refractivity contribution in [3.05, 3.63) is 0 Å². The highest BCUT2D eigenvalue weighted by Gasteiger charge is 2.45. The van der Waals surface area contributed by atoms with Gasteiger partial charge >= 0.3 is 5.97 Å². The van der Waals surface area contributed by atoms with Gasteiger partial charge in [0.2, 0.25) is 11.8 Å². The van der Waals surface area contributed by atoms with E-state index in [1.54, 1.807) is 6.92 Å². The quantitative estimate of drug-likeness (QED) is 0.501. The van der Waals surface area contributed by atoms with E-state index in [1.807, 2.05) is 4.90 Å². The third-order valence-corrected chi connectivity index (χ3v) is 3.39. The van der Waals surface area contributed by atoms with Crippen LogP contribution in [0.2, 0.25) is 0 Å². The molecule has 0 spiro atoms. The highest BCUT2D eigenvalue weighted by molar-refractivity contribution is 6.05. The van der Waals surface area contributed by atoms with Gasteiger partial charge in [0.25, 0.3) is 0 Å². The van der Waals surface area contributed by atoms with Crippen molar-refractivity contribution in [3.8, 4) is 0 Å². The molecule has 2 fully saturated rings. The minimum absolute atomic E-state index is 0.0933. The van der Waals surface area contributed by atoms with Crippen LogP contribution in [-0.4, -0.2) is 59.9 Å². The number of amides is 2. The van der Waals surface area contributed by atoms with Crippen molar-refractivity contribution in [1.82, 2.24) is 9.80 Å². The summed E-state index contributed by atoms with van der Waals surface area (Å²) in [6.45, 7) is 2.17. The summed E-state index contributed by atoms with van der Waals surface area (Å²) in [4.78, 5) is 38.0. The molecular formula is C12H18N2O4. The molecule has 0 radical (unpaired) electrons. The number of carbonyl (C=O) groups excluding carboxylic acids is 3. The maximum absolute atomic E-state index is 11.9. The van der Waals surface area contributed by atoms with E-state index in [1.165, 1.54) is 7.05 Å². The van der Waals surface area contributed by atoms with E-state index in [4.69, 9.17) is 4.74 Å². The Balaban J connectivity index is 2.04. The predicted octanol–water partition coefficient (Wildman–Crippen LogP) is -0.229. The Kier molecular flexibility index (Phi) is 3.65. The fourth-order valence-corrected chi connectivity index (χ4v) is 2.25. The summed E-state index contributed by atoms with van der Waals surface area (Å²) in [5.74, 6) is -0.727. The van der Waals surface area contributed by atoms with Crippen molar-refractivity contribution < 1.29 is 19.1 Å². The molecule has 18 heavy (non-hydrogen) atoms. The van der Waals surface area contributed by atoms with Crippen LogP contribution in [0.25, 0.3) is 0 Å². The van der Waals surface area contributed by atoms with Crippen LogP contribution in [0.4, 0.5) is 0 Å². The molecule has 1 saturated heterocycles. The lowest BCUT2D eigenvalue weighted by Crippen LogP contribution is -2.45. The van der Waals surface area contributed by atoms with Gasteiger partial charge in [0.1, 0.15) is 0 Å². The lowest BCUT2D eigenvalue weighted by atomic mass is 10.2. The number of hydrogen-bond acceptors (Lipinski definition) is 5. The third-order valence-electron chi connectivity index (χ3n) is 3.39. The van der Waals surface area contributed by atoms with Crippen molar-refractivity contribution in [2.75, 3.05) is 20.2 Å². The average Bonchev–Trinajstić information content (AvgIpc) is 3.12. The normalized spacial score (nSPS) is 23.9. The monoisotopic (exact) mass is 254 g/mol. The van der Waals surface area contributed by atoms with Gasteiger partial charge in [-0.05, 0) is 19.8 Å². The van der Waals surface area contributed by atoms with Gasteiger partial charge in [-0.25, -0.2) is 0 Å². The van der Waals surface area contributed by atoms with E-state index >= 15 is 0 Å². The number of imide groups is 1. The Labute approximate surface area is 106 Å². The number of esters is 1. The van der Waals surface area contributed by atoms with Crippen molar-refractivity contribution in [3.63, 3.8) is 0 Å². The average molecular weight is 254 g/mol. The second-order valence-corrected chi connectivity index (χ2v) is 4.72. The van der Waals surface area contributed by atoms with Gasteiger partial charge in [0, 0.05) is 13.1 Å². The Morgan fingerprint density at radius 3 is 2.56 bits per heavy atom. The lowest BCUT2D eigenvalue weighted by molar-refractivity contribution is -0.146. The number of carbonyl (C=O) groups is 3. The van der Waals surface area contributed by atoms with E-state index in [2.05, 4.69) is 0 Å². The van der Waals surface area contributed by atoms with Crippen molar-refractivity contribution in [2.45, 2.75) is 38.3 Å². The van der Waals surface area contributed by atoms with Crippen LogP contribution in [-0.2, 0) is 19.1 Å². The van der Waals surface area contributed by atoms with Crippen LogP contribution < -0.4 is 0 Å². The van der Waals surface area contributed by atoms with Crippen LogP contribution in [0.5, 0.6) is 0 Å². The number of likely N-dealkylation sites (N-methyl/N-ethyl adjacent to an activating group) is 1. The first-order chi connectivity index (χ1) is 8.54. The first kappa shape index (κ1) is 13.0. The van der Waals surface area contributed by atoms with E-state index in [-0.39, 0.29) is 36.8 Å². The fraction of sp³-hybridized carbons (Fsp3) is 0.750. The predicted molar refractivity (Wildman–Crippen MR) is 62.5 cm³/mol. The van der Waals surface area contributed by atoms with E-state index < -0.39 is 6.04 Å². The van der Waals surface area contributed by atoms with Crippen molar-refractivity contribution in [1.29, 1.82) is 0 Å². The largest absolute Gasteiger partial charge is 0.465 e. The molecule has 6 nitrogen and oxygen atoms in total. The molecule has 0 aromatic rings. The molecule has 2 rings (SSSR count). The van der Waals surface area contributed by atoms with Gasteiger partial charge in [0.05, 0.1) is 25.6 Å². The molecule has 1 aliphatic heterocycles. The van der Waals surface area contributed by atoms with Crippen molar-refractivity contribution >= 4 is 17.8 Å². The molecule has 1 heterocycles. The summed E-state index contributed by atoms with van der Waals surface area (Å²) in [6.07, 6.45) is 2.12. The molecule has 1 saturated carbocycles. The van der Waals surface area contributed by atoms with Crippen LogP contribution >= 0.6 is 0 Å². The SMILES string of the molecule is CCOC(=O)CN(C1CC1)C1CC(=O)N(C)C1=O. The zero-order valence-electron chi connectivity index (χ0n) is 10.7. The number of rotatable bonds is 5. The molecule has 0 aromatic heterocycles. The Bertz CT molecular complexity index is 378. The van der Waals surface area contributed by atoms with Gasteiger partial charge in [-0.15, -0.1) is 0 Å². The van der Waals surface area contributed by atoms with Crippen LogP contribution in [0.3, 0.4) is 0 Å². The smallest absolute Gasteiger partial charge is 0.320 e. The van der Waals surface area contributed by atoms with Crippen molar-refractivity contribution in [2.24, 2.45) is 0 Å². The van der Waals surface area contributed by atoms with Crippen LogP contribution in [0, 0.1) is 0 Å². The maximum Gasteiger partial charge on any atom is 0.320 e. The summed E-state index contributed by atoms with van der Waals surface area (Å²) in [5, 5.41) is 0. The molecule has 0 N–H and O–H groups in total. The molecule has 2 amide bonds. The van der Waals surface area contributed by atoms with E-state index in [0.717, 1.165) is 17.7 Å². The molecule has 2 aliphatic rings. The standard InChI is InChI=1S/C12H18N2O4/c1-3-18-11(16)7-14(8-4-5-8)9-6-10(15)13(2)12(9)17/h8-9H,3-7H2,1-2H3. The third kappa shape index (κ3) is 2.53. The van der Waals surface area contributed by atoms with Gasteiger partial charge in [-0.2, -0.15) is 0 Å². The topological polar surface area (TPSA) is 66.9 Å². The Morgan fingerprint density at radius 1 is 1.44 bits per heavy atom. The molecule has 1 unspecified atom stereocenters. The van der Waals surface area contributed by atoms with Crippen LogP contribution in [0.15, 0.2) is 0 Å². The lowest BCUT2D eigenvalue weighted by Gasteiger charge is -2.25. The van der Waals surface area contributed by atoms with E-state index in [0.29, 0.717) is 6.61 Å². The highest BCUT2D eigenvalue weighted by atomic mass is 16.5. The Morgan fingerprint density at radius 2 is 2.11 bits per heavy atom. The number of likely N-dealkylation sites (tertiary alicyclic amines) is 1. The Hall–Kier alpha value is -1.43. The second kappa shape index (κ2) is 5.06. The number of hydrogen-bond donors (Lipinski definition) is 0. The summed E-state index contributed by atoms with van der Waals surface area (Å²) in [5.41, 5.74) is 0.